The second kappa shape index (κ2) is 11.1. The lowest BCUT2D eigenvalue weighted by atomic mass is 9.33. The van der Waals surface area contributed by atoms with Crippen molar-refractivity contribution >= 4 is 11.9 Å². The molecule has 1 saturated heterocycles. The van der Waals surface area contributed by atoms with Crippen LogP contribution in [0.1, 0.15) is 85.5 Å². The number of rotatable bonds is 4. The fraction of sp³-hybridized carbons (Fsp3) is 0.829. The summed E-state index contributed by atoms with van der Waals surface area (Å²) < 4.78 is 11.4. The second-order valence-electron chi connectivity index (χ2n) is 16.4. The fourth-order valence-corrected chi connectivity index (χ4v) is 11.7. The third-order valence-corrected chi connectivity index (χ3v) is 14.6. The van der Waals surface area contributed by atoms with Gasteiger partial charge in [-0.3, -0.25) is 9.59 Å². The number of carbonyl (C=O) groups excluding carboxylic acids is 1. The maximum atomic E-state index is 14.3. The molecule has 0 aromatic carbocycles. The number of aliphatic hydroxyl groups excluding tert-OH is 6. The van der Waals surface area contributed by atoms with Gasteiger partial charge in [-0.15, -0.1) is 0 Å². The van der Waals surface area contributed by atoms with Gasteiger partial charge < -0.3 is 45.2 Å². The number of aliphatic hydroxyl groups is 6. The first-order chi connectivity index (χ1) is 21.4. The molecular weight excluding hydrogens is 596 g/mol. The predicted molar refractivity (Wildman–Crippen MR) is 164 cm³/mol. The van der Waals surface area contributed by atoms with Gasteiger partial charge in [-0.2, -0.15) is 0 Å². The Kier molecular flexibility index (Phi) is 8.20. The molecule has 0 bridgehead atoms. The van der Waals surface area contributed by atoms with Crippen LogP contribution in [-0.4, -0.2) is 97.2 Å². The average Bonchev–Trinajstić information content (AvgIpc) is 3.00. The molecule has 0 spiro atoms. The zero-order chi connectivity index (χ0) is 33.8. The van der Waals surface area contributed by atoms with E-state index < -0.39 is 77.7 Å². The Morgan fingerprint density at radius 2 is 1.67 bits per heavy atom. The van der Waals surface area contributed by atoms with Crippen molar-refractivity contribution in [2.75, 3.05) is 6.61 Å². The number of hydrogen-bond acceptors (Lipinski definition) is 10. The molecule has 0 amide bonds. The number of hydrogen-bond donors (Lipinski definition) is 7. The summed E-state index contributed by atoms with van der Waals surface area (Å²) >= 11 is 0. The molecule has 0 unspecified atom stereocenters. The first kappa shape index (κ1) is 34.0. The number of allylic oxidation sites excluding steroid dienone is 3. The number of carboxylic acids is 1. The van der Waals surface area contributed by atoms with Crippen LogP contribution in [0.4, 0.5) is 0 Å². The summed E-state index contributed by atoms with van der Waals surface area (Å²) in [7, 11) is 0. The summed E-state index contributed by atoms with van der Waals surface area (Å²) in [6, 6.07) is 0. The number of fused-ring (bicyclic) bond motifs is 7. The molecule has 5 fully saturated rings. The van der Waals surface area contributed by atoms with E-state index in [0.29, 0.717) is 51.4 Å². The predicted octanol–water partition coefficient (Wildman–Crippen LogP) is 2.06. The highest BCUT2D eigenvalue weighted by Gasteiger charge is 2.71. The van der Waals surface area contributed by atoms with Crippen molar-refractivity contribution in [2.24, 2.45) is 44.8 Å². The van der Waals surface area contributed by atoms with Crippen molar-refractivity contribution in [2.45, 2.75) is 128 Å². The minimum absolute atomic E-state index is 0.0358. The molecule has 1 heterocycles. The van der Waals surface area contributed by atoms with E-state index >= 15 is 0 Å². The Bertz CT molecular complexity index is 1310. The summed E-state index contributed by atoms with van der Waals surface area (Å²) in [5.41, 5.74) is -1.37. The highest BCUT2D eigenvalue weighted by atomic mass is 16.7. The molecule has 6 aliphatic rings. The van der Waals surface area contributed by atoms with E-state index in [1.165, 1.54) is 5.57 Å². The molecule has 0 aromatic rings. The topological polar surface area (TPSA) is 194 Å². The van der Waals surface area contributed by atoms with E-state index in [4.69, 9.17) is 9.47 Å². The summed E-state index contributed by atoms with van der Waals surface area (Å²) in [6.45, 7) is 11.9. The summed E-state index contributed by atoms with van der Waals surface area (Å²) in [4.78, 5) is 26.9. The van der Waals surface area contributed by atoms with Crippen molar-refractivity contribution in [1.82, 2.24) is 0 Å². The minimum atomic E-state index is -1.69. The van der Waals surface area contributed by atoms with Gasteiger partial charge in [-0.25, -0.2) is 0 Å². The van der Waals surface area contributed by atoms with Crippen molar-refractivity contribution in [3.05, 3.63) is 23.8 Å². The summed E-state index contributed by atoms with van der Waals surface area (Å²) in [6.07, 6.45) is -2.70. The van der Waals surface area contributed by atoms with Gasteiger partial charge >= 0.3 is 11.9 Å². The SMILES string of the molecule is C=C1CC[C@]2(C(=O)O[C@@H]3O[C@H](CO)[C@@H](O)[C@H](O)[C@H]3O)CC[C@]3(C)C(=CC[C@@H]4[C@@]5(C)C[C@H](O)[C@H](O)[C@@](C)(C(=O)O)[C@@H]5CC[C@]43C)[C@@H]2C1. The van der Waals surface area contributed by atoms with Crippen LogP contribution < -0.4 is 0 Å². The molecule has 1 aliphatic heterocycles. The lowest BCUT2D eigenvalue weighted by molar-refractivity contribution is -0.297. The standard InChI is InChI=1S/C35H52O11/c1-17-8-11-35(30(44)46-28-26(40)25(39)24(38)21(16-36)45-28)13-12-32(3)18(19(35)14-17)6-7-22-31(2)15-20(37)27(41)34(5,29(42)43)23(31)9-10-33(22,32)4/h6,19-28,36-41H,1,7-16H2,2-5H3,(H,42,43)/t19-,20-,21+,22+,23+,24+,25-,26+,27-,28-,31+,32+,33+,34-,35-/m0/s1. The van der Waals surface area contributed by atoms with Crippen LogP contribution in [0.3, 0.4) is 0 Å². The Balaban J connectivity index is 1.36. The third-order valence-electron chi connectivity index (χ3n) is 14.6. The zero-order valence-corrected chi connectivity index (χ0v) is 27.4. The molecule has 4 saturated carbocycles. The van der Waals surface area contributed by atoms with Gasteiger partial charge in [0.1, 0.15) is 24.4 Å². The Morgan fingerprint density at radius 3 is 2.33 bits per heavy atom. The molecule has 11 heteroatoms. The molecule has 5 aliphatic carbocycles. The quantitative estimate of drug-likeness (QED) is 0.174. The first-order valence-corrected chi connectivity index (χ1v) is 16.9. The molecule has 0 radical (unpaired) electrons. The fourth-order valence-electron chi connectivity index (χ4n) is 11.7. The molecular formula is C35H52O11. The van der Waals surface area contributed by atoms with Crippen LogP contribution in [0.5, 0.6) is 0 Å². The lowest BCUT2D eigenvalue weighted by Gasteiger charge is -2.71. The number of esters is 1. The van der Waals surface area contributed by atoms with E-state index in [9.17, 15) is 45.3 Å². The van der Waals surface area contributed by atoms with Gasteiger partial charge in [-0.1, -0.05) is 44.6 Å². The molecule has 46 heavy (non-hydrogen) atoms. The van der Waals surface area contributed by atoms with E-state index in [1.54, 1.807) is 6.92 Å². The van der Waals surface area contributed by atoms with Crippen molar-refractivity contribution in [3.63, 3.8) is 0 Å². The van der Waals surface area contributed by atoms with Crippen LogP contribution in [-0.2, 0) is 19.1 Å². The van der Waals surface area contributed by atoms with Crippen molar-refractivity contribution in [1.29, 1.82) is 0 Å². The second-order valence-corrected chi connectivity index (χ2v) is 16.4. The summed E-state index contributed by atoms with van der Waals surface area (Å²) in [5, 5.41) is 73.2. The van der Waals surface area contributed by atoms with E-state index in [1.807, 2.05) is 0 Å². The van der Waals surface area contributed by atoms with Crippen LogP contribution in [0.25, 0.3) is 0 Å². The number of carboxylic acid groups (broad SMARTS) is 1. The number of aliphatic carboxylic acids is 1. The average molecular weight is 649 g/mol. The lowest BCUT2D eigenvalue weighted by Crippen LogP contribution is -2.68. The Labute approximate surface area is 270 Å². The number of ether oxygens (including phenoxy) is 2. The Morgan fingerprint density at radius 1 is 0.978 bits per heavy atom. The largest absolute Gasteiger partial charge is 0.481 e. The van der Waals surface area contributed by atoms with E-state index in [2.05, 4.69) is 33.4 Å². The molecule has 6 rings (SSSR count). The van der Waals surface area contributed by atoms with Crippen LogP contribution >= 0.6 is 0 Å². The van der Waals surface area contributed by atoms with Crippen LogP contribution in [0.2, 0.25) is 0 Å². The highest BCUT2D eigenvalue weighted by molar-refractivity contribution is 5.79. The van der Waals surface area contributed by atoms with Crippen molar-refractivity contribution < 1.29 is 54.8 Å². The molecule has 15 atom stereocenters. The smallest absolute Gasteiger partial charge is 0.315 e. The van der Waals surface area contributed by atoms with E-state index in [-0.39, 0.29) is 28.6 Å². The van der Waals surface area contributed by atoms with E-state index in [0.717, 1.165) is 12.0 Å². The van der Waals surface area contributed by atoms with Gasteiger partial charge in [0.05, 0.1) is 29.6 Å². The number of carbonyl (C=O) groups is 2. The molecule has 0 aromatic heterocycles. The van der Waals surface area contributed by atoms with Gasteiger partial charge in [0.25, 0.3) is 0 Å². The third kappa shape index (κ3) is 4.34. The van der Waals surface area contributed by atoms with Gasteiger partial charge in [-0.05, 0) is 92.8 Å². The minimum Gasteiger partial charge on any atom is -0.481 e. The van der Waals surface area contributed by atoms with Crippen molar-refractivity contribution in [3.8, 4) is 0 Å². The molecule has 11 nitrogen and oxygen atoms in total. The monoisotopic (exact) mass is 648 g/mol. The van der Waals surface area contributed by atoms with Gasteiger partial charge in [0, 0.05) is 5.92 Å². The van der Waals surface area contributed by atoms with Crippen LogP contribution in [0, 0.1) is 44.8 Å². The Hall–Kier alpha value is -1.86. The normalized spacial score (nSPS) is 53.5. The maximum absolute atomic E-state index is 14.3. The first-order valence-electron chi connectivity index (χ1n) is 16.9. The molecule has 258 valence electrons. The van der Waals surface area contributed by atoms with Gasteiger partial charge in [0.15, 0.2) is 0 Å². The zero-order valence-electron chi connectivity index (χ0n) is 27.4. The van der Waals surface area contributed by atoms with Gasteiger partial charge in [0.2, 0.25) is 6.29 Å². The molecule has 7 N–H and O–H groups in total. The summed E-state index contributed by atoms with van der Waals surface area (Å²) in [5.74, 6) is -2.14. The van der Waals surface area contributed by atoms with Crippen LogP contribution in [0.15, 0.2) is 23.8 Å². The highest BCUT2D eigenvalue weighted by Crippen LogP contribution is 2.75. The maximum Gasteiger partial charge on any atom is 0.315 e.